The Bertz CT molecular complexity index is 496. The average molecular weight is 314 g/mol. The second-order valence-electron chi connectivity index (χ2n) is 6.30. The molecule has 1 fully saturated rings. The Hall–Kier alpha value is -1.000. The number of halogens is 1. The van der Waals surface area contributed by atoms with E-state index in [1.165, 1.54) is 0 Å². The van der Waals surface area contributed by atoms with Crippen molar-refractivity contribution in [2.75, 3.05) is 6.54 Å². The van der Waals surface area contributed by atoms with Crippen molar-refractivity contribution in [1.82, 2.24) is 15.2 Å². The van der Waals surface area contributed by atoms with E-state index in [2.05, 4.69) is 42.9 Å². The Kier molecular flexibility index (Phi) is 6.29. The van der Waals surface area contributed by atoms with Crippen molar-refractivity contribution in [2.45, 2.75) is 65.6 Å². The predicted octanol–water partition coefficient (Wildman–Crippen LogP) is 2.98. The molecule has 0 aromatic carbocycles. The minimum Gasteiger partial charge on any atom is -0.349 e. The largest absolute Gasteiger partial charge is 0.349 e. The van der Waals surface area contributed by atoms with Crippen molar-refractivity contribution in [3.8, 4) is 0 Å². The summed E-state index contributed by atoms with van der Waals surface area (Å²) in [6, 6.07) is 3.17. The van der Waals surface area contributed by atoms with Crippen molar-refractivity contribution in [3.63, 3.8) is 0 Å². The number of amides is 1. The minimum atomic E-state index is 0. The number of carbonyl (C=O) groups excluding carboxylic acids is 1. The van der Waals surface area contributed by atoms with Gasteiger partial charge in [0.25, 0.3) is 5.91 Å². The summed E-state index contributed by atoms with van der Waals surface area (Å²) in [5, 5.41) is 6.60. The van der Waals surface area contributed by atoms with E-state index in [1.807, 2.05) is 13.0 Å². The summed E-state index contributed by atoms with van der Waals surface area (Å²) in [5.74, 6) is 0.0732. The van der Waals surface area contributed by atoms with Crippen molar-refractivity contribution in [2.24, 2.45) is 0 Å². The molecule has 0 spiro atoms. The van der Waals surface area contributed by atoms with E-state index in [0.29, 0.717) is 18.1 Å². The molecule has 0 radical (unpaired) electrons. The zero-order chi connectivity index (χ0) is 14.9. The van der Waals surface area contributed by atoms with Crippen LogP contribution >= 0.6 is 12.4 Å². The number of rotatable bonds is 3. The van der Waals surface area contributed by atoms with Gasteiger partial charge in [-0.3, -0.25) is 4.79 Å². The lowest BCUT2D eigenvalue weighted by Crippen LogP contribution is -2.46. The van der Waals surface area contributed by atoms with Crippen LogP contribution in [-0.4, -0.2) is 29.1 Å². The van der Waals surface area contributed by atoms with Gasteiger partial charge in [-0.2, -0.15) is 0 Å². The van der Waals surface area contributed by atoms with Crippen molar-refractivity contribution < 1.29 is 4.79 Å². The first-order valence-electron chi connectivity index (χ1n) is 7.62. The number of aromatic nitrogens is 1. The molecular weight excluding hydrogens is 286 g/mol. The second kappa shape index (κ2) is 7.32. The minimum absolute atomic E-state index is 0. The fraction of sp³-hybridized carbons (Fsp3) is 0.688. The van der Waals surface area contributed by atoms with Gasteiger partial charge < -0.3 is 15.2 Å². The van der Waals surface area contributed by atoms with E-state index >= 15 is 0 Å². The number of hydrogen-bond acceptors (Lipinski definition) is 2. The number of nitrogens with one attached hydrogen (secondary N) is 2. The van der Waals surface area contributed by atoms with Crippen LogP contribution in [0.1, 0.15) is 61.4 Å². The van der Waals surface area contributed by atoms with Gasteiger partial charge in [0.2, 0.25) is 0 Å². The molecule has 1 aromatic rings. The number of nitrogens with zero attached hydrogens (tertiary/aromatic N) is 1. The molecule has 0 aliphatic carbocycles. The maximum atomic E-state index is 12.5. The van der Waals surface area contributed by atoms with Gasteiger partial charge in [-0.15, -0.1) is 12.4 Å². The molecule has 4 nitrogen and oxygen atoms in total. The molecule has 2 unspecified atom stereocenters. The lowest BCUT2D eigenvalue weighted by atomic mass is 10.0. The zero-order valence-corrected chi connectivity index (χ0v) is 14.5. The third-order valence-electron chi connectivity index (χ3n) is 4.20. The van der Waals surface area contributed by atoms with Crippen LogP contribution in [0.15, 0.2) is 6.07 Å². The van der Waals surface area contributed by atoms with Crippen LogP contribution in [0.25, 0.3) is 0 Å². The smallest absolute Gasteiger partial charge is 0.253 e. The Labute approximate surface area is 134 Å². The van der Waals surface area contributed by atoms with Crippen LogP contribution in [0.2, 0.25) is 0 Å². The van der Waals surface area contributed by atoms with Crippen LogP contribution in [-0.2, 0) is 0 Å². The van der Waals surface area contributed by atoms with Crippen LogP contribution < -0.4 is 10.6 Å². The van der Waals surface area contributed by atoms with Crippen molar-refractivity contribution in [1.29, 1.82) is 0 Å². The SMILES string of the molecule is Cc1cc(C(=O)NC2CCNC(C)C2)c(C)n1C(C)C.Cl. The van der Waals surface area contributed by atoms with Gasteiger partial charge in [0.15, 0.2) is 0 Å². The molecule has 120 valence electrons. The molecule has 1 aliphatic heterocycles. The average Bonchev–Trinajstić information content (AvgIpc) is 2.64. The van der Waals surface area contributed by atoms with Gasteiger partial charge in [0, 0.05) is 29.5 Å². The van der Waals surface area contributed by atoms with Crippen LogP contribution in [0.5, 0.6) is 0 Å². The van der Waals surface area contributed by atoms with Crippen LogP contribution in [0.4, 0.5) is 0 Å². The second-order valence-corrected chi connectivity index (χ2v) is 6.30. The Morgan fingerprint density at radius 2 is 2.10 bits per heavy atom. The number of piperidine rings is 1. The van der Waals surface area contributed by atoms with E-state index in [0.717, 1.165) is 36.3 Å². The standard InChI is InChI=1S/C16H27N3O.ClH/c1-10(2)19-12(4)9-15(13(19)5)16(20)18-14-6-7-17-11(3)8-14;/h9-11,14,17H,6-8H2,1-5H3,(H,18,20);1H. The summed E-state index contributed by atoms with van der Waals surface area (Å²) in [4.78, 5) is 12.5. The number of hydrogen-bond donors (Lipinski definition) is 2. The fourth-order valence-electron chi connectivity index (χ4n) is 3.33. The summed E-state index contributed by atoms with van der Waals surface area (Å²) < 4.78 is 2.22. The summed E-state index contributed by atoms with van der Waals surface area (Å²) in [5.41, 5.74) is 3.04. The third kappa shape index (κ3) is 4.01. The Morgan fingerprint density at radius 3 is 2.62 bits per heavy atom. The molecule has 0 bridgehead atoms. The molecule has 2 heterocycles. The van der Waals surface area contributed by atoms with Gasteiger partial charge in [0.1, 0.15) is 0 Å². The Balaban J connectivity index is 0.00000220. The third-order valence-corrected chi connectivity index (χ3v) is 4.20. The lowest BCUT2D eigenvalue weighted by molar-refractivity contribution is 0.0925. The highest BCUT2D eigenvalue weighted by atomic mass is 35.5. The molecule has 0 saturated carbocycles. The molecule has 1 saturated heterocycles. The highest BCUT2D eigenvalue weighted by Crippen LogP contribution is 2.20. The Morgan fingerprint density at radius 1 is 1.43 bits per heavy atom. The summed E-state index contributed by atoms with van der Waals surface area (Å²) in [6.45, 7) is 11.6. The van der Waals surface area contributed by atoms with Crippen molar-refractivity contribution in [3.05, 3.63) is 23.0 Å². The van der Waals surface area contributed by atoms with Crippen LogP contribution in [0, 0.1) is 13.8 Å². The first kappa shape index (κ1) is 18.1. The molecule has 2 rings (SSSR count). The first-order valence-corrected chi connectivity index (χ1v) is 7.62. The van der Waals surface area contributed by atoms with Gasteiger partial charge >= 0.3 is 0 Å². The summed E-state index contributed by atoms with van der Waals surface area (Å²) >= 11 is 0. The first-order chi connectivity index (χ1) is 9.40. The van der Waals surface area contributed by atoms with Crippen LogP contribution in [0.3, 0.4) is 0 Å². The monoisotopic (exact) mass is 313 g/mol. The summed E-state index contributed by atoms with van der Waals surface area (Å²) in [7, 11) is 0. The fourth-order valence-corrected chi connectivity index (χ4v) is 3.33. The van der Waals surface area contributed by atoms with E-state index in [9.17, 15) is 4.79 Å². The molecular formula is C16H28ClN3O. The maximum absolute atomic E-state index is 12.5. The molecule has 1 amide bonds. The highest BCUT2D eigenvalue weighted by Gasteiger charge is 2.23. The van der Waals surface area contributed by atoms with Crippen molar-refractivity contribution >= 4 is 18.3 Å². The lowest BCUT2D eigenvalue weighted by Gasteiger charge is -2.28. The van der Waals surface area contributed by atoms with E-state index in [4.69, 9.17) is 0 Å². The highest BCUT2D eigenvalue weighted by molar-refractivity contribution is 5.95. The van der Waals surface area contributed by atoms with Gasteiger partial charge in [-0.1, -0.05) is 0 Å². The molecule has 2 N–H and O–H groups in total. The molecule has 21 heavy (non-hydrogen) atoms. The predicted molar refractivity (Wildman–Crippen MR) is 89.5 cm³/mol. The van der Waals surface area contributed by atoms with E-state index in [-0.39, 0.29) is 18.3 Å². The maximum Gasteiger partial charge on any atom is 0.253 e. The normalized spacial score (nSPS) is 22.0. The molecule has 1 aromatic heterocycles. The quantitative estimate of drug-likeness (QED) is 0.901. The van der Waals surface area contributed by atoms with Gasteiger partial charge in [-0.05, 0) is 60.1 Å². The molecule has 1 aliphatic rings. The molecule has 5 heteroatoms. The molecule has 2 atom stereocenters. The van der Waals surface area contributed by atoms with E-state index < -0.39 is 0 Å². The summed E-state index contributed by atoms with van der Waals surface area (Å²) in [6.07, 6.45) is 2.02. The van der Waals surface area contributed by atoms with Gasteiger partial charge in [0.05, 0.1) is 5.56 Å². The number of carbonyl (C=O) groups is 1. The van der Waals surface area contributed by atoms with Gasteiger partial charge in [-0.25, -0.2) is 0 Å². The topological polar surface area (TPSA) is 46.1 Å². The zero-order valence-electron chi connectivity index (χ0n) is 13.7. The number of aryl methyl sites for hydroxylation is 1. The van der Waals surface area contributed by atoms with E-state index in [1.54, 1.807) is 0 Å².